The molecule has 1 amide bonds. The highest BCUT2D eigenvalue weighted by Gasteiger charge is 2.49. The number of carbonyl (C=O) groups excluding carboxylic acids is 1. The van der Waals surface area contributed by atoms with Crippen LogP contribution < -0.4 is 4.90 Å². The lowest BCUT2D eigenvalue weighted by Crippen LogP contribution is -2.33. The summed E-state index contributed by atoms with van der Waals surface area (Å²) < 4.78 is 68.2. The first kappa shape index (κ1) is 32.5. The first-order valence-electron chi connectivity index (χ1n) is 13.4. The molecule has 0 bridgehead atoms. The van der Waals surface area contributed by atoms with E-state index in [0.29, 0.717) is 28.2 Å². The van der Waals surface area contributed by atoms with Crippen LogP contribution >= 0.6 is 0 Å². The van der Waals surface area contributed by atoms with Crippen LogP contribution in [0.1, 0.15) is 41.8 Å². The van der Waals surface area contributed by atoms with Crippen molar-refractivity contribution < 1.29 is 45.2 Å². The Morgan fingerprint density at radius 1 is 0.932 bits per heavy atom. The van der Waals surface area contributed by atoms with E-state index in [1.54, 1.807) is 72.3 Å². The largest absolute Gasteiger partial charge is 0.478 e. The Hall–Kier alpha value is -4.43. The molecular weight excluding hydrogens is 608 g/mol. The van der Waals surface area contributed by atoms with Gasteiger partial charge in [0.15, 0.2) is 5.71 Å². The van der Waals surface area contributed by atoms with Gasteiger partial charge in [0.05, 0.1) is 16.2 Å². The minimum Gasteiger partial charge on any atom is -0.478 e. The lowest BCUT2D eigenvalue weighted by atomic mass is 9.73. The van der Waals surface area contributed by atoms with Crippen molar-refractivity contribution in [2.24, 2.45) is 0 Å². The van der Waals surface area contributed by atoms with Crippen molar-refractivity contribution in [2.75, 3.05) is 17.2 Å². The molecule has 0 fully saturated rings. The van der Waals surface area contributed by atoms with Gasteiger partial charge in [-0.25, -0.2) is 4.79 Å². The third-order valence-corrected chi connectivity index (χ3v) is 9.02. The van der Waals surface area contributed by atoms with E-state index in [1.807, 2.05) is 6.07 Å². The molecule has 0 radical (unpaired) electrons. The van der Waals surface area contributed by atoms with Gasteiger partial charge in [0.25, 0.3) is 20.2 Å². The lowest BCUT2D eigenvalue weighted by Gasteiger charge is -2.23. The maximum atomic E-state index is 12.3. The van der Waals surface area contributed by atoms with Crippen molar-refractivity contribution in [1.82, 2.24) is 0 Å². The highest BCUT2D eigenvalue weighted by molar-refractivity contribution is 7.86. The number of rotatable bonds is 11. The van der Waals surface area contributed by atoms with Gasteiger partial charge in [0.2, 0.25) is 11.6 Å². The molecule has 0 spiro atoms. The van der Waals surface area contributed by atoms with E-state index in [-0.39, 0.29) is 29.3 Å². The topological polar surface area (TPSA) is 169 Å². The SMILES string of the molecule is CC(=O)N(/C=C/C=C/C1=[N+](CCCS(=O)(=O)O)c2ccc(S(=O)(=O)O)cc2C1(C)c1ccc(C(=O)O)cc1)c1ccccc1. The highest BCUT2D eigenvalue weighted by Crippen LogP contribution is 2.46. The Kier molecular flexibility index (Phi) is 9.35. The highest BCUT2D eigenvalue weighted by atomic mass is 32.2. The zero-order valence-electron chi connectivity index (χ0n) is 23.9. The molecule has 1 heterocycles. The summed E-state index contributed by atoms with van der Waals surface area (Å²) >= 11 is 0. The van der Waals surface area contributed by atoms with E-state index < -0.39 is 37.4 Å². The number of carboxylic acid groups (broad SMARTS) is 1. The number of para-hydroxylation sites is 1. The van der Waals surface area contributed by atoms with Gasteiger partial charge >= 0.3 is 5.97 Å². The van der Waals surface area contributed by atoms with Crippen LogP contribution in [0.5, 0.6) is 0 Å². The van der Waals surface area contributed by atoms with Gasteiger partial charge in [-0.1, -0.05) is 36.4 Å². The van der Waals surface area contributed by atoms with Crippen molar-refractivity contribution in [2.45, 2.75) is 30.6 Å². The summed E-state index contributed by atoms with van der Waals surface area (Å²) in [4.78, 5) is 25.0. The summed E-state index contributed by atoms with van der Waals surface area (Å²) in [7, 11) is -8.86. The summed E-state index contributed by atoms with van der Waals surface area (Å²) in [5.74, 6) is -1.88. The zero-order chi connectivity index (χ0) is 32.3. The summed E-state index contributed by atoms with van der Waals surface area (Å²) in [6, 6.07) is 19.1. The number of aromatic carboxylic acids is 1. The molecule has 1 aliphatic rings. The van der Waals surface area contributed by atoms with Gasteiger partial charge in [0.1, 0.15) is 12.0 Å². The van der Waals surface area contributed by atoms with Crippen LogP contribution in [0.25, 0.3) is 0 Å². The van der Waals surface area contributed by atoms with Crippen LogP contribution in [0.3, 0.4) is 0 Å². The average molecular weight is 640 g/mol. The molecule has 3 N–H and O–H groups in total. The van der Waals surface area contributed by atoms with Gasteiger partial charge in [-0.05, 0) is 55.0 Å². The molecule has 3 aromatic carbocycles. The van der Waals surface area contributed by atoms with Crippen LogP contribution in [-0.2, 0) is 30.4 Å². The van der Waals surface area contributed by atoms with E-state index in [9.17, 15) is 40.6 Å². The standard InChI is InChI=1S/C31H30N2O9S2/c1-22(34)32(25-9-4-3-5-10-25)18-7-6-11-29-31(2,24-14-12-23(13-15-24)30(35)36)27-21-26(44(40,41)42)16-17-28(27)33(29)19-8-20-43(37,38)39/h3-7,9-18,21H,8,19-20H2,1-2H3,(H2-,35,36,37,38,39,40,41,42)/p+1. The third-order valence-electron chi connectivity index (χ3n) is 7.37. The molecule has 0 aliphatic carbocycles. The van der Waals surface area contributed by atoms with E-state index in [1.165, 1.54) is 42.2 Å². The molecule has 1 unspecified atom stereocenters. The van der Waals surface area contributed by atoms with Crippen LogP contribution in [-0.4, -0.2) is 65.5 Å². The third kappa shape index (κ3) is 7.03. The van der Waals surface area contributed by atoms with E-state index in [2.05, 4.69) is 0 Å². The molecule has 11 nitrogen and oxygen atoms in total. The minimum absolute atomic E-state index is 0.0195. The molecule has 230 valence electrons. The van der Waals surface area contributed by atoms with Gasteiger partial charge in [-0.2, -0.15) is 21.4 Å². The van der Waals surface area contributed by atoms with E-state index >= 15 is 0 Å². The number of carboxylic acids is 1. The fourth-order valence-corrected chi connectivity index (χ4v) is 6.25. The molecule has 1 aliphatic heterocycles. The summed E-state index contributed by atoms with van der Waals surface area (Å²) in [6.45, 7) is 3.33. The van der Waals surface area contributed by atoms with Gasteiger partial charge in [-0.15, -0.1) is 0 Å². The lowest BCUT2D eigenvalue weighted by molar-refractivity contribution is -0.437. The fraction of sp³-hybridized carbons (Fsp3) is 0.194. The molecule has 44 heavy (non-hydrogen) atoms. The number of anilines is 1. The molecule has 4 rings (SSSR count). The number of hydrogen-bond acceptors (Lipinski definition) is 6. The van der Waals surface area contributed by atoms with Crippen molar-refractivity contribution in [1.29, 1.82) is 0 Å². The van der Waals surface area contributed by atoms with Crippen LogP contribution in [0.4, 0.5) is 11.4 Å². The second-order valence-corrected chi connectivity index (χ2v) is 13.3. The Balaban J connectivity index is 1.89. The summed E-state index contributed by atoms with van der Waals surface area (Å²) in [6.07, 6.45) is 6.63. The van der Waals surface area contributed by atoms with Crippen molar-refractivity contribution >= 4 is 49.2 Å². The number of benzene rings is 3. The Morgan fingerprint density at radius 3 is 2.16 bits per heavy atom. The zero-order valence-corrected chi connectivity index (χ0v) is 25.5. The van der Waals surface area contributed by atoms with Crippen molar-refractivity contribution in [3.8, 4) is 0 Å². The molecular formula is C31H31N2O9S2+. The average Bonchev–Trinajstić information content (AvgIpc) is 3.19. The number of carbonyl (C=O) groups is 2. The first-order chi connectivity index (χ1) is 20.6. The number of nitrogens with zero attached hydrogens (tertiary/aromatic N) is 2. The minimum atomic E-state index is -4.60. The maximum Gasteiger partial charge on any atom is 0.335 e. The van der Waals surface area contributed by atoms with Crippen LogP contribution in [0.15, 0.2) is 102 Å². The van der Waals surface area contributed by atoms with Crippen molar-refractivity contribution in [3.05, 3.63) is 114 Å². The van der Waals surface area contributed by atoms with Gasteiger partial charge in [0, 0.05) is 42.9 Å². The second kappa shape index (κ2) is 12.7. The number of hydrogen-bond donors (Lipinski definition) is 3. The molecule has 13 heteroatoms. The monoisotopic (exact) mass is 639 g/mol. The maximum absolute atomic E-state index is 12.3. The smallest absolute Gasteiger partial charge is 0.335 e. The predicted molar refractivity (Wildman–Crippen MR) is 165 cm³/mol. The van der Waals surface area contributed by atoms with Crippen LogP contribution in [0, 0.1) is 0 Å². The molecule has 0 saturated heterocycles. The quantitative estimate of drug-likeness (QED) is 0.156. The fourth-order valence-electron chi connectivity index (χ4n) is 5.25. The number of allylic oxidation sites excluding steroid dienone is 3. The van der Waals surface area contributed by atoms with Crippen molar-refractivity contribution in [3.63, 3.8) is 0 Å². The Labute approximate surface area is 255 Å². The van der Waals surface area contributed by atoms with E-state index in [4.69, 9.17) is 0 Å². The Bertz CT molecular complexity index is 1900. The molecule has 0 saturated carbocycles. The number of amides is 1. The molecule has 1 atom stereocenters. The second-order valence-electron chi connectivity index (χ2n) is 10.3. The summed E-state index contributed by atoms with van der Waals surface area (Å²) in [5.41, 5.74) is 1.71. The number of fused-ring (bicyclic) bond motifs is 1. The molecule has 0 aromatic heterocycles. The summed E-state index contributed by atoms with van der Waals surface area (Å²) in [5, 5.41) is 9.43. The van der Waals surface area contributed by atoms with Gasteiger partial charge in [-0.3, -0.25) is 18.8 Å². The first-order valence-corrected chi connectivity index (χ1v) is 16.4. The predicted octanol–water partition coefficient (Wildman–Crippen LogP) is 4.44. The van der Waals surface area contributed by atoms with Crippen LogP contribution in [0.2, 0.25) is 0 Å². The molecule has 3 aromatic rings. The Morgan fingerprint density at radius 2 is 1.59 bits per heavy atom. The van der Waals surface area contributed by atoms with E-state index in [0.717, 1.165) is 0 Å². The normalized spacial score (nSPS) is 16.9. The van der Waals surface area contributed by atoms with Gasteiger partial charge < -0.3 is 5.11 Å².